The van der Waals surface area contributed by atoms with Crippen molar-refractivity contribution < 1.29 is 4.42 Å². The first-order valence-electron chi connectivity index (χ1n) is 6.26. The SMILES string of the molecule is CN(CCNC(C)(C)C)c1nccc2occc12. The molecule has 0 radical (unpaired) electrons. The molecule has 2 aromatic rings. The van der Waals surface area contributed by atoms with Crippen LogP contribution >= 0.6 is 0 Å². The highest BCUT2D eigenvalue weighted by molar-refractivity contribution is 5.88. The van der Waals surface area contributed by atoms with Gasteiger partial charge in [-0.1, -0.05) is 0 Å². The van der Waals surface area contributed by atoms with Crippen molar-refractivity contribution in [2.75, 3.05) is 25.0 Å². The van der Waals surface area contributed by atoms with Crippen molar-refractivity contribution >= 4 is 16.8 Å². The summed E-state index contributed by atoms with van der Waals surface area (Å²) in [6.07, 6.45) is 3.49. The van der Waals surface area contributed by atoms with E-state index in [2.05, 4.69) is 43.0 Å². The molecule has 0 atom stereocenters. The van der Waals surface area contributed by atoms with Crippen LogP contribution in [-0.2, 0) is 0 Å². The van der Waals surface area contributed by atoms with E-state index in [1.807, 2.05) is 12.1 Å². The van der Waals surface area contributed by atoms with Crippen molar-refractivity contribution in [2.24, 2.45) is 0 Å². The molecule has 18 heavy (non-hydrogen) atoms. The Labute approximate surface area is 108 Å². The fourth-order valence-corrected chi connectivity index (χ4v) is 1.89. The van der Waals surface area contributed by atoms with Crippen molar-refractivity contribution in [3.8, 4) is 0 Å². The lowest BCUT2D eigenvalue weighted by atomic mass is 10.1. The summed E-state index contributed by atoms with van der Waals surface area (Å²) in [6.45, 7) is 8.34. The number of rotatable bonds is 4. The van der Waals surface area contributed by atoms with Gasteiger partial charge in [-0.2, -0.15) is 0 Å². The Kier molecular flexibility index (Phi) is 3.57. The number of anilines is 1. The molecule has 0 fully saturated rings. The summed E-state index contributed by atoms with van der Waals surface area (Å²) in [5.41, 5.74) is 1.03. The Morgan fingerprint density at radius 2 is 2.11 bits per heavy atom. The predicted molar refractivity (Wildman–Crippen MR) is 75.0 cm³/mol. The molecule has 0 unspecified atom stereocenters. The number of aromatic nitrogens is 1. The third-order valence-corrected chi connectivity index (χ3v) is 2.82. The first-order chi connectivity index (χ1) is 8.47. The quantitative estimate of drug-likeness (QED) is 0.902. The topological polar surface area (TPSA) is 41.3 Å². The van der Waals surface area contributed by atoms with Gasteiger partial charge in [0.15, 0.2) is 0 Å². The van der Waals surface area contributed by atoms with Gasteiger partial charge in [-0.25, -0.2) is 4.98 Å². The van der Waals surface area contributed by atoms with E-state index in [1.165, 1.54) is 0 Å². The van der Waals surface area contributed by atoms with Gasteiger partial charge in [-0.3, -0.25) is 0 Å². The maximum Gasteiger partial charge on any atom is 0.139 e. The summed E-state index contributed by atoms with van der Waals surface area (Å²) in [5.74, 6) is 0.969. The van der Waals surface area contributed by atoms with Gasteiger partial charge in [0.05, 0.1) is 11.6 Å². The third-order valence-electron chi connectivity index (χ3n) is 2.82. The van der Waals surface area contributed by atoms with Gasteiger partial charge in [0.1, 0.15) is 11.4 Å². The van der Waals surface area contributed by atoms with Gasteiger partial charge in [-0.05, 0) is 32.9 Å². The zero-order chi connectivity index (χ0) is 13.2. The van der Waals surface area contributed by atoms with Gasteiger partial charge in [0, 0.05) is 31.9 Å². The van der Waals surface area contributed by atoms with E-state index < -0.39 is 0 Å². The van der Waals surface area contributed by atoms with E-state index in [0.29, 0.717) is 0 Å². The molecule has 0 aliphatic rings. The summed E-state index contributed by atoms with van der Waals surface area (Å²) < 4.78 is 5.39. The number of fused-ring (bicyclic) bond motifs is 1. The molecular formula is C14H21N3O. The zero-order valence-electron chi connectivity index (χ0n) is 11.5. The van der Waals surface area contributed by atoms with Crippen LogP contribution in [0.4, 0.5) is 5.82 Å². The molecule has 0 spiro atoms. The van der Waals surface area contributed by atoms with Gasteiger partial charge < -0.3 is 14.6 Å². The van der Waals surface area contributed by atoms with E-state index in [9.17, 15) is 0 Å². The lowest BCUT2D eigenvalue weighted by molar-refractivity contribution is 0.430. The second kappa shape index (κ2) is 4.98. The Hall–Kier alpha value is -1.55. The monoisotopic (exact) mass is 247 g/mol. The van der Waals surface area contributed by atoms with Crippen molar-refractivity contribution in [1.82, 2.24) is 10.3 Å². The molecule has 0 aliphatic heterocycles. The predicted octanol–water partition coefficient (Wildman–Crippen LogP) is 2.65. The number of hydrogen-bond acceptors (Lipinski definition) is 4. The van der Waals surface area contributed by atoms with E-state index in [-0.39, 0.29) is 5.54 Å². The number of hydrogen-bond donors (Lipinski definition) is 1. The largest absolute Gasteiger partial charge is 0.464 e. The lowest BCUT2D eigenvalue weighted by Crippen LogP contribution is -2.40. The summed E-state index contributed by atoms with van der Waals surface area (Å²) >= 11 is 0. The van der Waals surface area contributed by atoms with Gasteiger partial charge in [-0.15, -0.1) is 0 Å². The molecule has 0 saturated heterocycles. The maximum absolute atomic E-state index is 5.39. The number of furan rings is 1. The Bertz CT molecular complexity index is 513. The normalized spacial score (nSPS) is 12.0. The summed E-state index contributed by atoms with van der Waals surface area (Å²) in [5, 5.41) is 4.54. The second-order valence-corrected chi connectivity index (χ2v) is 5.57. The highest BCUT2D eigenvalue weighted by Gasteiger charge is 2.11. The smallest absolute Gasteiger partial charge is 0.139 e. The third kappa shape index (κ3) is 3.01. The van der Waals surface area contributed by atoms with E-state index >= 15 is 0 Å². The fraction of sp³-hybridized carbons (Fsp3) is 0.500. The second-order valence-electron chi connectivity index (χ2n) is 5.57. The Morgan fingerprint density at radius 1 is 1.33 bits per heavy atom. The van der Waals surface area contributed by atoms with Crippen LogP contribution in [0.25, 0.3) is 11.0 Å². The fourth-order valence-electron chi connectivity index (χ4n) is 1.89. The number of nitrogens with zero attached hydrogens (tertiary/aromatic N) is 2. The van der Waals surface area contributed by atoms with Gasteiger partial charge in [0.25, 0.3) is 0 Å². The molecular weight excluding hydrogens is 226 g/mol. The van der Waals surface area contributed by atoms with Crippen LogP contribution in [0.1, 0.15) is 20.8 Å². The molecule has 0 bridgehead atoms. The molecule has 0 amide bonds. The van der Waals surface area contributed by atoms with Crippen molar-refractivity contribution in [3.05, 3.63) is 24.6 Å². The molecule has 2 aromatic heterocycles. The maximum atomic E-state index is 5.39. The summed E-state index contributed by atoms with van der Waals surface area (Å²) in [4.78, 5) is 6.58. The van der Waals surface area contributed by atoms with E-state index in [0.717, 1.165) is 29.9 Å². The van der Waals surface area contributed by atoms with E-state index in [1.54, 1.807) is 12.5 Å². The molecule has 0 aromatic carbocycles. The summed E-state index contributed by atoms with van der Waals surface area (Å²) in [7, 11) is 2.05. The zero-order valence-corrected chi connectivity index (χ0v) is 11.5. The minimum Gasteiger partial charge on any atom is -0.464 e. The summed E-state index contributed by atoms with van der Waals surface area (Å²) in [6, 6.07) is 3.85. The van der Waals surface area contributed by atoms with Crippen LogP contribution in [0.15, 0.2) is 29.0 Å². The highest BCUT2D eigenvalue weighted by Crippen LogP contribution is 2.23. The number of nitrogens with one attached hydrogen (secondary N) is 1. The van der Waals surface area contributed by atoms with Crippen molar-refractivity contribution in [2.45, 2.75) is 26.3 Å². The molecule has 0 aliphatic carbocycles. The average molecular weight is 247 g/mol. The van der Waals surface area contributed by atoms with Crippen LogP contribution in [0.2, 0.25) is 0 Å². The first-order valence-corrected chi connectivity index (χ1v) is 6.26. The van der Waals surface area contributed by atoms with Crippen molar-refractivity contribution in [1.29, 1.82) is 0 Å². The van der Waals surface area contributed by atoms with Crippen LogP contribution < -0.4 is 10.2 Å². The lowest BCUT2D eigenvalue weighted by Gasteiger charge is -2.24. The molecule has 2 heterocycles. The van der Waals surface area contributed by atoms with Crippen LogP contribution in [-0.4, -0.2) is 30.7 Å². The van der Waals surface area contributed by atoms with Crippen LogP contribution in [0, 0.1) is 0 Å². The van der Waals surface area contributed by atoms with E-state index in [4.69, 9.17) is 4.42 Å². The Balaban J connectivity index is 2.05. The minimum absolute atomic E-state index is 0.149. The Morgan fingerprint density at radius 3 is 2.83 bits per heavy atom. The van der Waals surface area contributed by atoms with Gasteiger partial charge in [0.2, 0.25) is 0 Å². The molecule has 2 rings (SSSR count). The molecule has 98 valence electrons. The first kappa shape index (κ1) is 12.9. The standard InChI is InChI=1S/C14H21N3O/c1-14(2,3)16-8-9-17(4)13-11-6-10-18-12(11)5-7-15-13/h5-7,10,16H,8-9H2,1-4H3. The average Bonchev–Trinajstić information content (AvgIpc) is 2.74. The van der Waals surface area contributed by atoms with Crippen LogP contribution in [0.5, 0.6) is 0 Å². The minimum atomic E-state index is 0.149. The number of pyridine rings is 1. The van der Waals surface area contributed by atoms with Crippen LogP contribution in [0.3, 0.4) is 0 Å². The number of likely N-dealkylation sites (N-methyl/N-ethyl adjacent to an activating group) is 1. The van der Waals surface area contributed by atoms with Crippen molar-refractivity contribution in [3.63, 3.8) is 0 Å². The highest BCUT2D eigenvalue weighted by atomic mass is 16.3. The van der Waals surface area contributed by atoms with Gasteiger partial charge >= 0.3 is 0 Å². The molecule has 1 N–H and O–H groups in total. The molecule has 4 heteroatoms. The molecule has 0 saturated carbocycles. The molecule has 4 nitrogen and oxygen atoms in total.